The van der Waals surface area contributed by atoms with Gasteiger partial charge in [-0.15, -0.1) is 0 Å². The fourth-order valence-electron chi connectivity index (χ4n) is 3.28. The lowest BCUT2D eigenvalue weighted by atomic mass is 10.1. The Morgan fingerprint density at radius 3 is 2.59 bits per heavy atom. The van der Waals surface area contributed by atoms with Crippen LogP contribution in [0.2, 0.25) is 0 Å². The molecule has 0 aliphatic rings. The summed E-state index contributed by atoms with van der Waals surface area (Å²) in [5, 5.41) is 16.6. The number of hydrogen-bond donors (Lipinski definition) is 0. The third kappa shape index (κ3) is 5.27. The molecule has 0 fully saturated rings. The van der Waals surface area contributed by atoms with Gasteiger partial charge in [0.25, 0.3) is 5.56 Å². The average molecular weight is 531 g/mol. The zero-order valence-corrected chi connectivity index (χ0v) is 21.3. The Morgan fingerprint density at radius 2 is 1.97 bits per heavy atom. The lowest BCUT2D eigenvalue weighted by molar-refractivity contribution is -0.386. The summed E-state index contributed by atoms with van der Waals surface area (Å²) in [5.41, 5.74) is 0.405. The quantitative estimate of drug-likeness (QED) is 0.201. The van der Waals surface area contributed by atoms with Crippen LogP contribution in [0, 0.1) is 10.1 Å². The number of benzene rings is 2. The highest BCUT2D eigenvalue weighted by molar-refractivity contribution is 9.10. The SMILES string of the molecule is CC[C@H](C)Oc1c(OC)cc(C=Nn2c([C@@H](C)CC)nc3ccc(Br)cc3c2=O)cc1[N+](=O)[O-]. The van der Waals surface area contributed by atoms with Gasteiger partial charge >= 0.3 is 5.69 Å². The number of nitro benzene ring substituents is 1. The molecule has 34 heavy (non-hydrogen) atoms. The van der Waals surface area contributed by atoms with Gasteiger partial charge in [0.2, 0.25) is 5.75 Å². The number of ether oxygens (including phenoxy) is 2. The molecule has 0 unspecified atom stereocenters. The molecule has 0 bridgehead atoms. The zero-order chi connectivity index (χ0) is 25.0. The molecule has 2 atom stereocenters. The highest BCUT2D eigenvalue weighted by Crippen LogP contribution is 2.39. The lowest BCUT2D eigenvalue weighted by Gasteiger charge is -2.16. The number of nitrogens with zero attached hydrogens (tertiary/aromatic N) is 4. The van der Waals surface area contributed by atoms with Crippen molar-refractivity contribution in [2.75, 3.05) is 7.11 Å². The molecule has 0 spiro atoms. The summed E-state index contributed by atoms with van der Waals surface area (Å²) < 4.78 is 13.1. The van der Waals surface area contributed by atoms with Crippen molar-refractivity contribution in [3.63, 3.8) is 0 Å². The molecule has 3 rings (SSSR count). The maximum atomic E-state index is 13.3. The number of hydrogen-bond acceptors (Lipinski definition) is 7. The van der Waals surface area contributed by atoms with E-state index in [1.807, 2.05) is 33.8 Å². The van der Waals surface area contributed by atoms with E-state index in [0.717, 1.165) is 10.9 Å². The Hall–Kier alpha value is -3.27. The highest BCUT2D eigenvalue weighted by Gasteiger charge is 2.24. The van der Waals surface area contributed by atoms with Gasteiger partial charge in [0, 0.05) is 22.0 Å². The van der Waals surface area contributed by atoms with Crippen LogP contribution in [0.15, 0.2) is 44.7 Å². The highest BCUT2D eigenvalue weighted by atomic mass is 79.9. The topological polar surface area (TPSA) is 109 Å². The molecule has 3 aromatic rings. The van der Waals surface area contributed by atoms with Crippen LogP contribution < -0.4 is 15.0 Å². The van der Waals surface area contributed by atoms with Gasteiger partial charge in [-0.25, -0.2) is 4.98 Å². The largest absolute Gasteiger partial charge is 0.493 e. The van der Waals surface area contributed by atoms with Crippen LogP contribution in [-0.2, 0) is 0 Å². The van der Waals surface area contributed by atoms with Crippen molar-refractivity contribution < 1.29 is 14.4 Å². The Kier molecular flexibility index (Phi) is 8.03. The minimum absolute atomic E-state index is 0.0342. The number of rotatable bonds is 9. The predicted octanol–water partition coefficient (Wildman–Crippen LogP) is 5.65. The standard InChI is InChI=1S/C24H27BrN4O5/c1-6-14(3)23-27-19-9-8-17(25)12-18(19)24(30)28(23)26-13-16-10-20(29(31)32)22(21(11-16)33-5)34-15(4)7-2/h8-15H,6-7H2,1-5H3/t14-,15-/m0/s1. The van der Waals surface area contributed by atoms with Crippen molar-refractivity contribution in [2.24, 2.45) is 5.10 Å². The second-order valence-electron chi connectivity index (χ2n) is 7.97. The summed E-state index contributed by atoms with van der Waals surface area (Å²) in [6.45, 7) is 7.72. The fraction of sp³-hybridized carbons (Fsp3) is 0.375. The molecule has 180 valence electrons. The monoisotopic (exact) mass is 530 g/mol. The van der Waals surface area contributed by atoms with Crippen molar-refractivity contribution in [3.8, 4) is 11.5 Å². The maximum Gasteiger partial charge on any atom is 0.315 e. The number of methoxy groups -OCH3 is 1. The molecular weight excluding hydrogens is 504 g/mol. The number of aromatic nitrogens is 2. The van der Waals surface area contributed by atoms with E-state index in [1.165, 1.54) is 24.1 Å². The van der Waals surface area contributed by atoms with Crippen LogP contribution in [0.5, 0.6) is 11.5 Å². The molecule has 0 aliphatic heterocycles. The van der Waals surface area contributed by atoms with Crippen LogP contribution in [-0.4, -0.2) is 34.0 Å². The van der Waals surface area contributed by atoms with Gasteiger partial charge in [0.1, 0.15) is 5.82 Å². The Bertz CT molecular complexity index is 1300. The van der Waals surface area contributed by atoms with E-state index in [1.54, 1.807) is 18.2 Å². The first-order valence-corrected chi connectivity index (χ1v) is 11.8. The number of fused-ring (bicyclic) bond motifs is 1. The van der Waals surface area contributed by atoms with Gasteiger partial charge < -0.3 is 9.47 Å². The summed E-state index contributed by atoms with van der Waals surface area (Å²) in [6.07, 6.45) is 2.59. The zero-order valence-electron chi connectivity index (χ0n) is 19.7. The summed E-state index contributed by atoms with van der Waals surface area (Å²) in [6, 6.07) is 8.25. The van der Waals surface area contributed by atoms with Gasteiger partial charge in [-0.05, 0) is 44.0 Å². The minimum atomic E-state index is -0.524. The van der Waals surface area contributed by atoms with Gasteiger partial charge in [0.05, 0.1) is 35.3 Å². The third-order valence-electron chi connectivity index (χ3n) is 5.58. The fourth-order valence-corrected chi connectivity index (χ4v) is 3.64. The van der Waals surface area contributed by atoms with Gasteiger partial charge in [-0.1, -0.05) is 36.7 Å². The van der Waals surface area contributed by atoms with Gasteiger partial charge in [-0.3, -0.25) is 14.9 Å². The summed E-state index contributed by atoms with van der Waals surface area (Å²) >= 11 is 3.39. The first-order valence-electron chi connectivity index (χ1n) is 11.0. The molecule has 1 aromatic heterocycles. The molecule has 0 saturated carbocycles. The van der Waals surface area contributed by atoms with Crippen LogP contribution in [0.4, 0.5) is 5.69 Å². The average Bonchev–Trinajstić information content (AvgIpc) is 2.83. The normalized spacial score (nSPS) is 13.2. The van der Waals surface area contributed by atoms with E-state index in [9.17, 15) is 14.9 Å². The summed E-state index contributed by atoms with van der Waals surface area (Å²) in [5.74, 6) is 0.754. The first-order chi connectivity index (χ1) is 16.2. The Labute approximate surface area is 205 Å². The third-order valence-corrected chi connectivity index (χ3v) is 6.07. The van der Waals surface area contributed by atoms with E-state index in [0.29, 0.717) is 28.7 Å². The summed E-state index contributed by atoms with van der Waals surface area (Å²) in [7, 11) is 1.42. The second kappa shape index (κ2) is 10.8. The molecule has 2 aromatic carbocycles. The molecular formula is C24H27BrN4O5. The minimum Gasteiger partial charge on any atom is -0.493 e. The molecule has 0 aliphatic carbocycles. The smallest absolute Gasteiger partial charge is 0.315 e. The van der Waals surface area contributed by atoms with Crippen molar-refractivity contribution in [3.05, 3.63) is 66.7 Å². The summed E-state index contributed by atoms with van der Waals surface area (Å²) in [4.78, 5) is 29.2. The van der Waals surface area contributed by atoms with E-state index >= 15 is 0 Å². The Balaban J connectivity index is 2.17. The molecule has 10 heteroatoms. The number of nitro groups is 1. The molecule has 0 amide bonds. The number of halogens is 1. The molecule has 0 saturated heterocycles. The molecule has 9 nitrogen and oxygen atoms in total. The van der Waals surface area contributed by atoms with Gasteiger partial charge in [-0.2, -0.15) is 9.78 Å². The van der Waals surface area contributed by atoms with E-state index in [-0.39, 0.29) is 34.8 Å². The predicted molar refractivity (Wildman–Crippen MR) is 135 cm³/mol. The van der Waals surface area contributed by atoms with E-state index in [4.69, 9.17) is 9.47 Å². The van der Waals surface area contributed by atoms with Crippen LogP contribution in [0.25, 0.3) is 10.9 Å². The molecule has 0 radical (unpaired) electrons. The van der Waals surface area contributed by atoms with Crippen LogP contribution in [0.3, 0.4) is 0 Å². The van der Waals surface area contributed by atoms with Crippen LogP contribution in [0.1, 0.15) is 57.8 Å². The van der Waals surface area contributed by atoms with E-state index in [2.05, 4.69) is 26.0 Å². The van der Waals surface area contributed by atoms with Crippen molar-refractivity contribution in [2.45, 2.75) is 52.6 Å². The second-order valence-corrected chi connectivity index (χ2v) is 8.88. The lowest BCUT2D eigenvalue weighted by Crippen LogP contribution is -2.23. The maximum absolute atomic E-state index is 13.3. The first kappa shape index (κ1) is 25.4. The molecule has 1 heterocycles. The van der Waals surface area contributed by atoms with Crippen molar-refractivity contribution >= 4 is 38.7 Å². The van der Waals surface area contributed by atoms with Crippen molar-refractivity contribution in [1.29, 1.82) is 0 Å². The molecule has 0 N–H and O–H groups in total. The van der Waals surface area contributed by atoms with Gasteiger partial charge in [0.15, 0.2) is 5.75 Å². The van der Waals surface area contributed by atoms with Crippen LogP contribution >= 0.6 is 15.9 Å². The Morgan fingerprint density at radius 1 is 1.24 bits per heavy atom. The van der Waals surface area contributed by atoms with Crippen molar-refractivity contribution in [1.82, 2.24) is 9.66 Å². The van der Waals surface area contributed by atoms with E-state index < -0.39 is 4.92 Å².